The first-order valence-electron chi connectivity index (χ1n) is 8.08. The molecule has 0 saturated carbocycles. The third kappa shape index (κ3) is 2.54. The van der Waals surface area contributed by atoms with Crippen molar-refractivity contribution in [2.24, 2.45) is 5.10 Å². The molecule has 2 aromatic heterocycles. The lowest BCUT2D eigenvalue weighted by Gasteiger charge is -1.97. The van der Waals surface area contributed by atoms with E-state index in [9.17, 15) is 0 Å². The largest absolute Gasteiger partial charge is 0.347 e. The molecule has 0 aliphatic carbocycles. The van der Waals surface area contributed by atoms with Crippen molar-refractivity contribution in [3.63, 3.8) is 0 Å². The van der Waals surface area contributed by atoms with Crippen LogP contribution in [0.3, 0.4) is 0 Å². The Hall–Kier alpha value is -3.08. The van der Waals surface area contributed by atoms with Crippen LogP contribution >= 0.6 is 0 Å². The summed E-state index contributed by atoms with van der Waals surface area (Å²) in [6, 6.07) is 14.5. The molecule has 120 valence electrons. The standard InChI is InChI=1S/C19H19N5/c1-3-24-12-14(15-6-4-5-7-18(15)24)11-20-23-19-21-16-9-8-13(2)10-17(16)22-19/h4-12H,3H2,1-2H3,(H2,21,22,23)/b20-11-. The van der Waals surface area contributed by atoms with Crippen molar-refractivity contribution in [3.05, 3.63) is 59.8 Å². The van der Waals surface area contributed by atoms with E-state index < -0.39 is 0 Å². The molecule has 4 aromatic rings. The van der Waals surface area contributed by atoms with Crippen LogP contribution in [0.15, 0.2) is 53.8 Å². The van der Waals surface area contributed by atoms with Gasteiger partial charge in [-0.05, 0) is 37.6 Å². The topological polar surface area (TPSA) is 58.0 Å². The maximum absolute atomic E-state index is 4.48. The molecular weight excluding hydrogens is 298 g/mol. The van der Waals surface area contributed by atoms with Crippen molar-refractivity contribution < 1.29 is 0 Å². The number of benzene rings is 2. The van der Waals surface area contributed by atoms with E-state index in [0.717, 1.165) is 23.1 Å². The fourth-order valence-electron chi connectivity index (χ4n) is 2.98. The van der Waals surface area contributed by atoms with E-state index >= 15 is 0 Å². The summed E-state index contributed by atoms with van der Waals surface area (Å²) in [6.45, 7) is 5.14. The second-order valence-corrected chi connectivity index (χ2v) is 5.86. The molecule has 4 rings (SSSR count). The molecule has 0 radical (unpaired) electrons. The van der Waals surface area contributed by atoms with Crippen LogP contribution in [0, 0.1) is 6.92 Å². The highest BCUT2D eigenvalue weighted by Gasteiger charge is 2.05. The van der Waals surface area contributed by atoms with Gasteiger partial charge in [0.2, 0.25) is 5.95 Å². The van der Waals surface area contributed by atoms with Crippen molar-refractivity contribution >= 4 is 34.1 Å². The zero-order valence-electron chi connectivity index (χ0n) is 13.7. The van der Waals surface area contributed by atoms with E-state index in [-0.39, 0.29) is 0 Å². The number of nitrogens with one attached hydrogen (secondary N) is 2. The number of anilines is 1. The fraction of sp³-hybridized carbons (Fsp3) is 0.158. The number of nitrogens with zero attached hydrogens (tertiary/aromatic N) is 3. The highest BCUT2D eigenvalue weighted by atomic mass is 15.3. The third-order valence-corrected chi connectivity index (χ3v) is 4.17. The number of rotatable bonds is 4. The van der Waals surface area contributed by atoms with E-state index in [2.05, 4.69) is 81.5 Å². The molecule has 0 bridgehead atoms. The Labute approximate surface area is 140 Å². The number of hydrogen-bond donors (Lipinski definition) is 2. The van der Waals surface area contributed by atoms with E-state index in [0.29, 0.717) is 5.95 Å². The average Bonchev–Trinajstić information content (AvgIpc) is 3.15. The van der Waals surface area contributed by atoms with E-state index in [1.165, 1.54) is 16.5 Å². The Morgan fingerprint density at radius 2 is 2.12 bits per heavy atom. The van der Waals surface area contributed by atoms with Crippen LogP contribution < -0.4 is 5.43 Å². The molecule has 5 heteroatoms. The molecule has 2 heterocycles. The van der Waals surface area contributed by atoms with Crippen LogP contribution in [0.5, 0.6) is 0 Å². The number of hydrazone groups is 1. The summed E-state index contributed by atoms with van der Waals surface area (Å²) in [4.78, 5) is 7.72. The Balaban J connectivity index is 1.60. The number of hydrogen-bond acceptors (Lipinski definition) is 3. The molecule has 0 aliphatic rings. The maximum Gasteiger partial charge on any atom is 0.222 e. The molecule has 0 aliphatic heterocycles. The number of para-hydroxylation sites is 1. The number of aromatic amines is 1. The molecule has 0 fully saturated rings. The first kappa shape index (κ1) is 14.5. The van der Waals surface area contributed by atoms with Crippen LogP contribution in [0.1, 0.15) is 18.1 Å². The van der Waals surface area contributed by atoms with Crippen LogP contribution in [-0.4, -0.2) is 20.7 Å². The lowest BCUT2D eigenvalue weighted by Crippen LogP contribution is -1.92. The molecule has 0 amide bonds. The molecule has 5 nitrogen and oxygen atoms in total. The summed E-state index contributed by atoms with van der Waals surface area (Å²) in [5.41, 5.74) is 8.44. The maximum atomic E-state index is 4.48. The van der Waals surface area contributed by atoms with Crippen LogP contribution in [0.2, 0.25) is 0 Å². The summed E-state index contributed by atoms with van der Waals surface area (Å²) in [7, 11) is 0. The molecule has 24 heavy (non-hydrogen) atoms. The van der Waals surface area contributed by atoms with Gasteiger partial charge in [0, 0.05) is 29.2 Å². The van der Waals surface area contributed by atoms with Gasteiger partial charge in [0.1, 0.15) is 0 Å². The molecule has 0 atom stereocenters. The minimum Gasteiger partial charge on any atom is -0.347 e. The highest BCUT2D eigenvalue weighted by molar-refractivity contribution is 5.99. The van der Waals surface area contributed by atoms with E-state index in [1.54, 1.807) is 0 Å². The van der Waals surface area contributed by atoms with Crippen molar-refractivity contribution in [1.29, 1.82) is 0 Å². The van der Waals surface area contributed by atoms with Gasteiger partial charge >= 0.3 is 0 Å². The van der Waals surface area contributed by atoms with Gasteiger partial charge in [-0.25, -0.2) is 10.4 Å². The second-order valence-electron chi connectivity index (χ2n) is 5.86. The zero-order valence-corrected chi connectivity index (χ0v) is 13.7. The second kappa shape index (κ2) is 5.85. The van der Waals surface area contributed by atoms with Crippen molar-refractivity contribution in [3.8, 4) is 0 Å². The zero-order chi connectivity index (χ0) is 16.5. The SMILES string of the molecule is CCn1cc(/C=N\Nc2nc3ccc(C)cc3[nH]2)c2ccccc21. The highest BCUT2D eigenvalue weighted by Crippen LogP contribution is 2.20. The molecule has 0 spiro atoms. The van der Waals surface area contributed by atoms with Crippen molar-refractivity contribution in [2.45, 2.75) is 20.4 Å². The summed E-state index contributed by atoms with van der Waals surface area (Å²) in [5, 5.41) is 5.54. The monoisotopic (exact) mass is 317 g/mol. The normalized spacial score (nSPS) is 11.8. The minimum atomic E-state index is 0.645. The van der Waals surface area contributed by atoms with Crippen LogP contribution in [0.4, 0.5) is 5.95 Å². The van der Waals surface area contributed by atoms with Crippen molar-refractivity contribution in [2.75, 3.05) is 5.43 Å². The Morgan fingerprint density at radius 3 is 3.00 bits per heavy atom. The molecule has 0 unspecified atom stereocenters. The van der Waals surface area contributed by atoms with Gasteiger partial charge in [0.05, 0.1) is 17.2 Å². The van der Waals surface area contributed by atoms with Gasteiger partial charge in [-0.1, -0.05) is 24.3 Å². The van der Waals surface area contributed by atoms with E-state index in [1.807, 2.05) is 12.3 Å². The quantitative estimate of drug-likeness (QED) is 0.436. The van der Waals surface area contributed by atoms with Gasteiger partial charge in [0.15, 0.2) is 0 Å². The van der Waals surface area contributed by atoms with Crippen LogP contribution in [0.25, 0.3) is 21.9 Å². The van der Waals surface area contributed by atoms with Gasteiger partial charge in [-0.2, -0.15) is 5.10 Å². The van der Waals surface area contributed by atoms with Crippen molar-refractivity contribution in [1.82, 2.24) is 14.5 Å². The first-order chi connectivity index (χ1) is 11.7. The third-order valence-electron chi connectivity index (χ3n) is 4.17. The minimum absolute atomic E-state index is 0.645. The smallest absolute Gasteiger partial charge is 0.222 e. The molecule has 2 N–H and O–H groups in total. The number of aromatic nitrogens is 3. The molecule has 2 aromatic carbocycles. The number of aryl methyl sites for hydroxylation is 2. The number of fused-ring (bicyclic) bond motifs is 2. The molecule has 0 saturated heterocycles. The summed E-state index contributed by atoms with van der Waals surface area (Å²) in [6.07, 6.45) is 3.96. The summed E-state index contributed by atoms with van der Waals surface area (Å²) in [5.74, 6) is 0.645. The fourth-order valence-corrected chi connectivity index (χ4v) is 2.98. The van der Waals surface area contributed by atoms with Crippen LogP contribution in [-0.2, 0) is 6.54 Å². The summed E-state index contributed by atoms with van der Waals surface area (Å²) >= 11 is 0. The summed E-state index contributed by atoms with van der Waals surface area (Å²) < 4.78 is 2.22. The predicted octanol–water partition coefficient (Wildman–Crippen LogP) is 4.29. The van der Waals surface area contributed by atoms with Gasteiger partial charge in [-0.15, -0.1) is 0 Å². The predicted molar refractivity (Wildman–Crippen MR) is 99.7 cm³/mol. The lowest BCUT2D eigenvalue weighted by molar-refractivity contribution is 0.797. The Bertz CT molecular complexity index is 1040. The molecular formula is C19H19N5. The average molecular weight is 317 g/mol. The number of imidazole rings is 1. The Kier molecular flexibility index (Phi) is 3.54. The van der Waals surface area contributed by atoms with Gasteiger partial charge in [-0.3, -0.25) is 0 Å². The first-order valence-corrected chi connectivity index (χ1v) is 8.08. The Morgan fingerprint density at radius 1 is 1.25 bits per heavy atom. The number of H-pyrrole nitrogens is 1. The van der Waals surface area contributed by atoms with Gasteiger partial charge in [0.25, 0.3) is 0 Å². The van der Waals surface area contributed by atoms with Gasteiger partial charge < -0.3 is 9.55 Å². The van der Waals surface area contributed by atoms with E-state index in [4.69, 9.17) is 0 Å². The lowest BCUT2D eigenvalue weighted by atomic mass is 10.2.